The lowest BCUT2D eigenvalue weighted by Crippen LogP contribution is -2.29. The van der Waals surface area contributed by atoms with Gasteiger partial charge >= 0.3 is 0 Å². The Morgan fingerprint density at radius 1 is 1.10 bits per heavy atom. The molecule has 1 aromatic carbocycles. The van der Waals surface area contributed by atoms with Gasteiger partial charge in [0, 0.05) is 17.0 Å². The Balaban J connectivity index is 1.76. The second kappa shape index (κ2) is 6.76. The van der Waals surface area contributed by atoms with Gasteiger partial charge in [0.1, 0.15) is 0 Å². The molecule has 21 heavy (non-hydrogen) atoms. The standard InChI is InChI=1S/C19H25NS/c1-14-9-11-16(12-10-14)15(2)20-19(17-6-3-4-7-17)18-8-5-13-21-18/h5,8-13,15,17,19-20H,3-4,6-7H2,1-2H3/t15-,19?/m1/s1. The molecular formula is C19H25NS. The summed E-state index contributed by atoms with van der Waals surface area (Å²) in [4.78, 5) is 1.50. The van der Waals surface area contributed by atoms with Crippen molar-refractivity contribution in [2.24, 2.45) is 5.92 Å². The quantitative estimate of drug-likeness (QED) is 0.753. The molecule has 2 atom stereocenters. The van der Waals surface area contributed by atoms with Crippen molar-refractivity contribution in [1.29, 1.82) is 0 Å². The van der Waals surface area contributed by atoms with Crippen molar-refractivity contribution in [3.8, 4) is 0 Å². The van der Waals surface area contributed by atoms with Crippen LogP contribution in [0.2, 0.25) is 0 Å². The van der Waals surface area contributed by atoms with E-state index >= 15 is 0 Å². The minimum Gasteiger partial charge on any atom is -0.302 e. The van der Waals surface area contributed by atoms with Crippen LogP contribution < -0.4 is 5.32 Å². The normalized spacial score (nSPS) is 18.8. The maximum Gasteiger partial charge on any atom is 0.0448 e. The first-order valence-electron chi connectivity index (χ1n) is 8.10. The maximum atomic E-state index is 3.91. The average molecular weight is 299 g/mol. The molecule has 1 unspecified atom stereocenters. The van der Waals surface area contributed by atoms with Gasteiger partial charge in [-0.25, -0.2) is 0 Å². The third-order valence-electron chi connectivity index (χ3n) is 4.73. The summed E-state index contributed by atoms with van der Waals surface area (Å²) in [6.45, 7) is 4.44. The van der Waals surface area contributed by atoms with Crippen LogP contribution in [0.25, 0.3) is 0 Å². The van der Waals surface area contributed by atoms with E-state index in [-0.39, 0.29) is 0 Å². The summed E-state index contributed by atoms with van der Waals surface area (Å²) in [6.07, 6.45) is 5.53. The summed E-state index contributed by atoms with van der Waals surface area (Å²) < 4.78 is 0. The fourth-order valence-electron chi connectivity index (χ4n) is 3.43. The molecule has 0 radical (unpaired) electrons. The van der Waals surface area contributed by atoms with Crippen molar-refractivity contribution < 1.29 is 0 Å². The Morgan fingerprint density at radius 3 is 2.43 bits per heavy atom. The van der Waals surface area contributed by atoms with E-state index in [0.717, 1.165) is 5.92 Å². The highest BCUT2D eigenvalue weighted by Crippen LogP contribution is 2.38. The summed E-state index contributed by atoms with van der Waals surface area (Å²) in [5, 5.41) is 6.11. The predicted molar refractivity (Wildman–Crippen MR) is 91.7 cm³/mol. The molecule has 1 saturated carbocycles. The van der Waals surface area contributed by atoms with E-state index in [0.29, 0.717) is 12.1 Å². The van der Waals surface area contributed by atoms with Gasteiger partial charge in [0.15, 0.2) is 0 Å². The Kier molecular flexibility index (Phi) is 4.77. The molecule has 1 aliphatic carbocycles. The van der Waals surface area contributed by atoms with Crippen LogP contribution in [0, 0.1) is 12.8 Å². The third kappa shape index (κ3) is 3.56. The second-order valence-electron chi connectivity index (χ2n) is 6.34. The van der Waals surface area contributed by atoms with E-state index < -0.39 is 0 Å². The molecule has 2 aromatic rings. The summed E-state index contributed by atoms with van der Waals surface area (Å²) in [5.74, 6) is 0.802. The fourth-order valence-corrected chi connectivity index (χ4v) is 4.31. The van der Waals surface area contributed by atoms with Crippen molar-refractivity contribution in [3.05, 3.63) is 57.8 Å². The first kappa shape index (κ1) is 14.8. The van der Waals surface area contributed by atoms with Gasteiger partial charge in [0.2, 0.25) is 0 Å². The van der Waals surface area contributed by atoms with Gasteiger partial charge in [0.25, 0.3) is 0 Å². The highest BCUT2D eigenvalue weighted by Gasteiger charge is 2.28. The molecule has 1 heterocycles. The highest BCUT2D eigenvalue weighted by atomic mass is 32.1. The first-order valence-corrected chi connectivity index (χ1v) is 8.98. The van der Waals surface area contributed by atoms with E-state index in [1.807, 2.05) is 11.3 Å². The maximum absolute atomic E-state index is 3.91. The second-order valence-corrected chi connectivity index (χ2v) is 7.32. The summed E-state index contributed by atoms with van der Waals surface area (Å²) in [7, 11) is 0. The highest BCUT2D eigenvalue weighted by molar-refractivity contribution is 7.10. The van der Waals surface area contributed by atoms with E-state index in [1.165, 1.54) is 41.7 Å². The molecule has 0 bridgehead atoms. The lowest BCUT2D eigenvalue weighted by Gasteiger charge is -2.28. The number of aryl methyl sites for hydroxylation is 1. The van der Waals surface area contributed by atoms with Gasteiger partial charge in [-0.15, -0.1) is 11.3 Å². The van der Waals surface area contributed by atoms with Gasteiger partial charge in [-0.3, -0.25) is 0 Å². The minimum absolute atomic E-state index is 0.401. The molecule has 0 aliphatic heterocycles. The van der Waals surface area contributed by atoms with Crippen LogP contribution in [0.1, 0.15) is 60.7 Å². The zero-order valence-electron chi connectivity index (χ0n) is 13.0. The number of thiophene rings is 1. The topological polar surface area (TPSA) is 12.0 Å². The Hall–Kier alpha value is -1.12. The lowest BCUT2D eigenvalue weighted by molar-refractivity contribution is 0.343. The molecule has 2 heteroatoms. The zero-order chi connectivity index (χ0) is 14.7. The van der Waals surface area contributed by atoms with Crippen molar-refractivity contribution >= 4 is 11.3 Å². The molecule has 0 saturated heterocycles. The molecule has 1 aromatic heterocycles. The van der Waals surface area contributed by atoms with E-state index in [9.17, 15) is 0 Å². The summed E-state index contributed by atoms with van der Waals surface area (Å²) in [6, 6.07) is 14.3. The van der Waals surface area contributed by atoms with Gasteiger partial charge in [-0.1, -0.05) is 48.7 Å². The average Bonchev–Trinajstić information content (AvgIpc) is 3.19. The number of hydrogen-bond donors (Lipinski definition) is 1. The molecule has 1 fully saturated rings. The molecule has 1 aliphatic rings. The Labute approximate surface area is 132 Å². The first-order chi connectivity index (χ1) is 10.2. The van der Waals surface area contributed by atoms with E-state index in [4.69, 9.17) is 0 Å². The lowest BCUT2D eigenvalue weighted by atomic mass is 9.95. The van der Waals surface area contributed by atoms with Crippen LogP contribution in [0.5, 0.6) is 0 Å². The molecule has 0 spiro atoms. The van der Waals surface area contributed by atoms with Crippen LogP contribution in [-0.2, 0) is 0 Å². The van der Waals surface area contributed by atoms with Gasteiger partial charge < -0.3 is 5.32 Å². The predicted octanol–water partition coefficient (Wildman–Crippen LogP) is 5.64. The zero-order valence-corrected chi connectivity index (χ0v) is 13.8. The van der Waals surface area contributed by atoms with Crippen molar-refractivity contribution in [3.63, 3.8) is 0 Å². The van der Waals surface area contributed by atoms with Crippen molar-refractivity contribution in [1.82, 2.24) is 5.32 Å². The van der Waals surface area contributed by atoms with Crippen LogP contribution in [0.3, 0.4) is 0 Å². The van der Waals surface area contributed by atoms with Crippen molar-refractivity contribution in [2.45, 2.75) is 51.6 Å². The number of nitrogens with one attached hydrogen (secondary N) is 1. The van der Waals surface area contributed by atoms with Crippen LogP contribution >= 0.6 is 11.3 Å². The van der Waals surface area contributed by atoms with E-state index in [2.05, 4.69) is 60.9 Å². The third-order valence-corrected chi connectivity index (χ3v) is 5.68. The molecule has 1 nitrogen and oxygen atoms in total. The number of hydrogen-bond acceptors (Lipinski definition) is 2. The van der Waals surface area contributed by atoms with E-state index in [1.54, 1.807) is 0 Å². The molecule has 0 amide bonds. The van der Waals surface area contributed by atoms with Crippen LogP contribution in [0.15, 0.2) is 41.8 Å². The van der Waals surface area contributed by atoms with Crippen molar-refractivity contribution in [2.75, 3.05) is 0 Å². The van der Waals surface area contributed by atoms with Gasteiger partial charge in [-0.2, -0.15) is 0 Å². The number of rotatable bonds is 5. The Bertz CT molecular complexity index is 537. The number of benzene rings is 1. The largest absolute Gasteiger partial charge is 0.302 e. The monoisotopic (exact) mass is 299 g/mol. The summed E-state index contributed by atoms with van der Waals surface area (Å²) >= 11 is 1.90. The Morgan fingerprint density at radius 2 is 1.81 bits per heavy atom. The molecule has 3 rings (SSSR count). The smallest absolute Gasteiger partial charge is 0.0448 e. The fraction of sp³-hybridized carbons (Fsp3) is 0.474. The van der Waals surface area contributed by atoms with Crippen LogP contribution in [-0.4, -0.2) is 0 Å². The van der Waals surface area contributed by atoms with Crippen LogP contribution in [0.4, 0.5) is 0 Å². The molecule has 112 valence electrons. The SMILES string of the molecule is Cc1ccc([C@@H](C)NC(c2cccs2)C2CCCC2)cc1. The van der Waals surface area contributed by atoms with Gasteiger partial charge in [0.05, 0.1) is 0 Å². The van der Waals surface area contributed by atoms with Gasteiger partial charge in [-0.05, 0) is 49.6 Å². The molecule has 1 N–H and O–H groups in total. The molecular weight excluding hydrogens is 274 g/mol. The minimum atomic E-state index is 0.401. The summed E-state index contributed by atoms with van der Waals surface area (Å²) in [5.41, 5.74) is 2.72.